The molecule has 0 amide bonds. The number of nitrogens with one attached hydrogen (secondary N) is 1. The fourth-order valence-corrected chi connectivity index (χ4v) is 2.60. The van der Waals surface area contributed by atoms with E-state index in [0.717, 1.165) is 10.2 Å². The number of ether oxygens (including phenoxy) is 1. The van der Waals surface area contributed by atoms with Crippen molar-refractivity contribution in [2.45, 2.75) is 19.0 Å². The average molecular weight is 301 g/mol. The molecule has 2 atom stereocenters. The number of aromatic amines is 1. The maximum absolute atomic E-state index is 12.1. The SMILES string of the molecule is CCOC(=O)C1C=CC(c2ccccc2)n2c(=O)[nH]c(=O)n21. The van der Waals surface area contributed by atoms with E-state index in [1.54, 1.807) is 19.1 Å². The first-order valence-electron chi connectivity index (χ1n) is 6.96. The lowest BCUT2D eigenvalue weighted by Gasteiger charge is -2.26. The molecule has 1 aliphatic rings. The minimum absolute atomic E-state index is 0.203. The highest BCUT2D eigenvalue weighted by molar-refractivity contribution is 5.76. The van der Waals surface area contributed by atoms with Gasteiger partial charge in [-0.05, 0) is 12.5 Å². The van der Waals surface area contributed by atoms with Gasteiger partial charge in [-0.2, -0.15) is 0 Å². The number of benzene rings is 1. The summed E-state index contributed by atoms with van der Waals surface area (Å²) in [5, 5.41) is 0. The fourth-order valence-electron chi connectivity index (χ4n) is 2.60. The van der Waals surface area contributed by atoms with Crippen LogP contribution in [0.4, 0.5) is 0 Å². The molecule has 3 rings (SSSR count). The van der Waals surface area contributed by atoms with Gasteiger partial charge in [0.15, 0.2) is 6.04 Å². The molecule has 1 aliphatic heterocycles. The third kappa shape index (κ3) is 2.20. The van der Waals surface area contributed by atoms with Crippen LogP contribution in [0.1, 0.15) is 24.6 Å². The van der Waals surface area contributed by atoms with E-state index >= 15 is 0 Å². The van der Waals surface area contributed by atoms with E-state index in [1.165, 1.54) is 4.68 Å². The monoisotopic (exact) mass is 301 g/mol. The molecule has 7 nitrogen and oxygen atoms in total. The third-order valence-corrected chi connectivity index (χ3v) is 3.53. The molecular weight excluding hydrogens is 286 g/mol. The molecule has 0 saturated carbocycles. The highest BCUT2D eigenvalue weighted by Gasteiger charge is 2.31. The summed E-state index contributed by atoms with van der Waals surface area (Å²) in [5.74, 6) is -0.569. The Morgan fingerprint density at radius 2 is 1.82 bits per heavy atom. The van der Waals surface area contributed by atoms with Crippen molar-refractivity contribution in [2.24, 2.45) is 0 Å². The Labute approximate surface area is 125 Å². The van der Waals surface area contributed by atoms with Crippen molar-refractivity contribution < 1.29 is 9.53 Å². The Kier molecular flexibility index (Phi) is 3.54. The zero-order valence-corrected chi connectivity index (χ0v) is 11.9. The number of hydrogen-bond acceptors (Lipinski definition) is 4. The third-order valence-electron chi connectivity index (χ3n) is 3.53. The maximum atomic E-state index is 12.1. The summed E-state index contributed by atoms with van der Waals surface area (Å²) in [7, 11) is 0. The first kappa shape index (κ1) is 14.1. The predicted molar refractivity (Wildman–Crippen MR) is 78.7 cm³/mol. The van der Waals surface area contributed by atoms with Crippen LogP contribution < -0.4 is 11.4 Å². The van der Waals surface area contributed by atoms with Gasteiger partial charge < -0.3 is 4.74 Å². The molecule has 114 valence electrons. The van der Waals surface area contributed by atoms with Gasteiger partial charge in [0.05, 0.1) is 12.6 Å². The van der Waals surface area contributed by atoms with Crippen molar-refractivity contribution in [1.29, 1.82) is 0 Å². The average Bonchev–Trinajstić information content (AvgIpc) is 2.83. The van der Waals surface area contributed by atoms with Crippen molar-refractivity contribution in [3.05, 3.63) is 69.0 Å². The number of rotatable bonds is 3. The van der Waals surface area contributed by atoms with Crippen LogP contribution in [0.2, 0.25) is 0 Å². The van der Waals surface area contributed by atoms with Gasteiger partial charge >= 0.3 is 17.3 Å². The van der Waals surface area contributed by atoms with Gasteiger partial charge in [0.25, 0.3) is 0 Å². The molecule has 0 aliphatic carbocycles. The van der Waals surface area contributed by atoms with Crippen molar-refractivity contribution in [2.75, 3.05) is 6.61 Å². The molecule has 0 radical (unpaired) electrons. The summed E-state index contributed by atoms with van der Waals surface area (Å²) >= 11 is 0. The minimum Gasteiger partial charge on any atom is -0.464 e. The van der Waals surface area contributed by atoms with Crippen LogP contribution in [0.25, 0.3) is 0 Å². The van der Waals surface area contributed by atoms with Crippen LogP contribution in [0.5, 0.6) is 0 Å². The highest BCUT2D eigenvalue weighted by Crippen LogP contribution is 2.24. The summed E-state index contributed by atoms with van der Waals surface area (Å²) in [6.07, 6.45) is 3.32. The second-order valence-electron chi connectivity index (χ2n) is 4.86. The van der Waals surface area contributed by atoms with Gasteiger partial charge in [-0.3, -0.25) is 4.98 Å². The topological polar surface area (TPSA) is 86.1 Å². The van der Waals surface area contributed by atoms with E-state index in [4.69, 9.17) is 4.74 Å². The Morgan fingerprint density at radius 1 is 1.14 bits per heavy atom. The quantitative estimate of drug-likeness (QED) is 0.664. The van der Waals surface area contributed by atoms with Crippen LogP contribution in [-0.2, 0) is 9.53 Å². The summed E-state index contributed by atoms with van der Waals surface area (Å²) in [6, 6.07) is 7.89. The number of fused-ring (bicyclic) bond motifs is 1. The Hall–Kier alpha value is -2.83. The Bertz CT molecular complexity index is 828. The largest absolute Gasteiger partial charge is 0.464 e. The predicted octanol–water partition coefficient (Wildman–Crippen LogP) is 0.601. The molecule has 1 aromatic carbocycles. The number of carbonyl (C=O) groups is 1. The smallest absolute Gasteiger partial charge is 0.345 e. The minimum atomic E-state index is -0.939. The molecule has 7 heteroatoms. The summed E-state index contributed by atoms with van der Waals surface area (Å²) < 4.78 is 7.32. The zero-order valence-electron chi connectivity index (χ0n) is 11.9. The number of aromatic nitrogens is 3. The summed E-state index contributed by atoms with van der Waals surface area (Å²) in [6.45, 7) is 1.89. The lowest BCUT2D eigenvalue weighted by Crippen LogP contribution is -2.39. The van der Waals surface area contributed by atoms with Crippen molar-refractivity contribution in [3.63, 3.8) is 0 Å². The first-order valence-corrected chi connectivity index (χ1v) is 6.96. The van der Waals surface area contributed by atoms with Gasteiger partial charge in [0, 0.05) is 0 Å². The first-order chi connectivity index (χ1) is 10.6. The molecule has 22 heavy (non-hydrogen) atoms. The molecule has 2 aromatic rings. The van der Waals surface area contributed by atoms with Gasteiger partial charge in [-0.25, -0.2) is 23.7 Å². The molecule has 2 heterocycles. The number of H-pyrrole nitrogens is 1. The number of nitrogens with zero attached hydrogens (tertiary/aromatic N) is 2. The second-order valence-corrected chi connectivity index (χ2v) is 4.86. The van der Waals surface area contributed by atoms with E-state index < -0.39 is 29.4 Å². The standard InChI is InChI=1S/C15H15N3O4/c1-2-22-13(19)12-9-8-11(10-6-4-3-5-7-10)17-14(20)16-15(21)18(12)17/h3-9,11-12H,2H2,1H3,(H,16,20,21). The molecule has 0 spiro atoms. The lowest BCUT2D eigenvalue weighted by atomic mass is 10.0. The maximum Gasteiger partial charge on any atom is 0.345 e. The van der Waals surface area contributed by atoms with Gasteiger partial charge in [-0.1, -0.05) is 42.5 Å². The number of allylic oxidation sites excluding steroid dienone is 1. The zero-order chi connectivity index (χ0) is 15.7. The van der Waals surface area contributed by atoms with Crippen LogP contribution in [0, 0.1) is 0 Å². The van der Waals surface area contributed by atoms with Crippen molar-refractivity contribution >= 4 is 5.97 Å². The molecule has 0 saturated heterocycles. The Morgan fingerprint density at radius 3 is 2.50 bits per heavy atom. The van der Waals surface area contributed by atoms with E-state index in [-0.39, 0.29) is 6.61 Å². The van der Waals surface area contributed by atoms with E-state index in [0.29, 0.717) is 0 Å². The summed E-state index contributed by atoms with van der Waals surface area (Å²) in [5.41, 5.74) is -0.346. The van der Waals surface area contributed by atoms with Crippen molar-refractivity contribution in [3.8, 4) is 0 Å². The molecule has 1 N–H and O–H groups in total. The molecule has 1 aromatic heterocycles. The second kappa shape index (κ2) is 5.51. The van der Waals surface area contributed by atoms with Crippen molar-refractivity contribution in [1.82, 2.24) is 14.3 Å². The molecule has 0 bridgehead atoms. The van der Waals surface area contributed by atoms with Gasteiger partial charge in [0.1, 0.15) is 0 Å². The van der Waals surface area contributed by atoms with Crippen LogP contribution in [0.15, 0.2) is 52.1 Å². The molecular formula is C15H15N3O4. The van der Waals surface area contributed by atoms with Gasteiger partial charge in [-0.15, -0.1) is 0 Å². The van der Waals surface area contributed by atoms with Crippen LogP contribution >= 0.6 is 0 Å². The van der Waals surface area contributed by atoms with E-state index in [2.05, 4.69) is 4.98 Å². The lowest BCUT2D eigenvalue weighted by molar-refractivity contribution is -0.146. The number of esters is 1. The van der Waals surface area contributed by atoms with Crippen LogP contribution in [-0.4, -0.2) is 26.9 Å². The molecule has 2 unspecified atom stereocenters. The molecule has 0 fully saturated rings. The van der Waals surface area contributed by atoms with E-state index in [9.17, 15) is 14.4 Å². The number of carbonyl (C=O) groups excluding carboxylic acids is 1. The Balaban J connectivity index is 2.14. The number of hydrogen-bond donors (Lipinski definition) is 1. The van der Waals surface area contributed by atoms with Gasteiger partial charge in [0.2, 0.25) is 0 Å². The fraction of sp³-hybridized carbons (Fsp3) is 0.267. The van der Waals surface area contributed by atoms with E-state index in [1.807, 2.05) is 30.3 Å². The highest BCUT2D eigenvalue weighted by atomic mass is 16.5. The van der Waals surface area contributed by atoms with Crippen LogP contribution in [0.3, 0.4) is 0 Å². The summed E-state index contributed by atoms with van der Waals surface area (Å²) in [4.78, 5) is 38.3. The normalized spacial score (nSPS) is 19.7.